The van der Waals surface area contributed by atoms with Crippen LogP contribution in [0.1, 0.15) is 38.3 Å². The van der Waals surface area contributed by atoms with Crippen LogP contribution < -0.4 is 10.6 Å². The van der Waals surface area contributed by atoms with Crippen molar-refractivity contribution in [3.8, 4) is 0 Å². The molecule has 0 bridgehead atoms. The molecule has 4 nitrogen and oxygen atoms in total. The molecule has 1 fully saturated rings. The Kier molecular flexibility index (Phi) is 4.08. The standard InChI is InChI=1S/C17H24N2O2/c1-10-6-7-14(11(2)8-10)18-15(20)12-9-13(12)16(21)19-17(3,4)5/h6-8,12-13H,9H2,1-5H3,(H,18,20)(H,19,21). The van der Waals surface area contributed by atoms with Crippen LogP contribution >= 0.6 is 0 Å². The van der Waals surface area contributed by atoms with Gasteiger partial charge in [0.25, 0.3) is 0 Å². The highest BCUT2D eigenvalue weighted by Crippen LogP contribution is 2.40. The van der Waals surface area contributed by atoms with E-state index >= 15 is 0 Å². The summed E-state index contributed by atoms with van der Waals surface area (Å²) in [6.45, 7) is 9.82. The third-order valence-electron chi connectivity index (χ3n) is 3.60. The van der Waals surface area contributed by atoms with Gasteiger partial charge in [0.15, 0.2) is 0 Å². The van der Waals surface area contributed by atoms with Crippen LogP contribution in [0.3, 0.4) is 0 Å². The van der Waals surface area contributed by atoms with Crippen LogP contribution in [0.5, 0.6) is 0 Å². The summed E-state index contributed by atoms with van der Waals surface area (Å²) >= 11 is 0. The van der Waals surface area contributed by atoms with Crippen molar-refractivity contribution < 1.29 is 9.59 Å². The Bertz CT molecular complexity index is 573. The number of nitrogens with one attached hydrogen (secondary N) is 2. The lowest BCUT2D eigenvalue weighted by atomic mass is 10.1. The predicted molar refractivity (Wildman–Crippen MR) is 84.0 cm³/mol. The molecule has 1 saturated carbocycles. The summed E-state index contributed by atoms with van der Waals surface area (Å²) in [4.78, 5) is 24.2. The molecule has 0 aromatic heterocycles. The van der Waals surface area contributed by atoms with E-state index in [0.717, 1.165) is 11.3 Å². The summed E-state index contributed by atoms with van der Waals surface area (Å²) in [6.07, 6.45) is 0.638. The van der Waals surface area contributed by atoms with Gasteiger partial charge >= 0.3 is 0 Å². The van der Waals surface area contributed by atoms with E-state index in [4.69, 9.17) is 0 Å². The smallest absolute Gasteiger partial charge is 0.228 e. The highest BCUT2D eigenvalue weighted by molar-refractivity contribution is 6.00. The molecule has 4 heteroatoms. The van der Waals surface area contributed by atoms with Crippen LogP contribution in [-0.4, -0.2) is 17.4 Å². The summed E-state index contributed by atoms with van der Waals surface area (Å²) in [6, 6.07) is 5.92. The Morgan fingerprint density at radius 2 is 1.71 bits per heavy atom. The summed E-state index contributed by atoms with van der Waals surface area (Å²) in [5.74, 6) is -0.470. The molecule has 1 aliphatic rings. The SMILES string of the molecule is Cc1ccc(NC(=O)C2CC2C(=O)NC(C)(C)C)c(C)c1. The molecule has 0 radical (unpaired) electrons. The first-order valence-electron chi connectivity index (χ1n) is 7.37. The maximum atomic E-state index is 12.2. The minimum atomic E-state index is -0.256. The average Bonchev–Trinajstić information content (AvgIpc) is 3.10. The first kappa shape index (κ1) is 15.5. The molecular weight excluding hydrogens is 264 g/mol. The van der Waals surface area contributed by atoms with Gasteiger partial charge in [-0.3, -0.25) is 9.59 Å². The molecule has 2 N–H and O–H groups in total. The number of rotatable bonds is 3. The van der Waals surface area contributed by atoms with Gasteiger partial charge in [-0.05, 0) is 52.7 Å². The maximum Gasteiger partial charge on any atom is 0.228 e. The van der Waals surface area contributed by atoms with Crippen LogP contribution in [0.15, 0.2) is 18.2 Å². The Morgan fingerprint density at radius 1 is 1.10 bits per heavy atom. The first-order valence-corrected chi connectivity index (χ1v) is 7.37. The number of amides is 2. The highest BCUT2D eigenvalue weighted by Gasteiger charge is 2.48. The molecular formula is C17H24N2O2. The Hall–Kier alpha value is -1.84. The second-order valence-corrected chi connectivity index (χ2v) is 7.00. The van der Waals surface area contributed by atoms with Crippen molar-refractivity contribution in [1.29, 1.82) is 0 Å². The highest BCUT2D eigenvalue weighted by atomic mass is 16.2. The number of aryl methyl sites for hydroxylation is 2. The number of anilines is 1. The van der Waals surface area contributed by atoms with Gasteiger partial charge in [-0.15, -0.1) is 0 Å². The fraction of sp³-hybridized carbons (Fsp3) is 0.529. The lowest BCUT2D eigenvalue weighted by Gasteiger charge is -2.20. The molecule has 0 heterocycles. The zero-order valence-electron chi connectivity index (χ0n) is 13.4. The van der Waals surface area contributed by atoms with Crippen LogP contribution in [0.25, 0.3) is 0 Å². The lowest BCUT2D eigenvalue weighted by Crippen LogP contribution is -2.42. The minimum Gasteiger partial charge on any atom is -0.351 e. The van der Waals surface area contributed by atoms with E-state index in [0.29, 0.717) is 6.42 Å². The molecule has 2 amide bonds. The number of hydrogen-bond donors (Lipinski definition) is 2. The molecule has 0 spiro atoms. The van der Waals surface area contributed by atoms with Gasteiger partial charge in [0.2, 0.25) is 11.8 Å². The zero-order chi connectivity index (χ0) is 15.8. The van der Waals surface area contributed by atoms with Crippen molar-refractivity contribution in [1.82, 2.24) is 5.32 Å². The van der Waals surface area contributed by atoms with E-state index < -0.39 is 0 Å². The molecule has 2 atom stereocenters. The number of carbonyl (C=O) groups excluding carboxylic acids is 2. The number of hydrogen-bond acceptors (Lipinski definition) is 2. The lowest BCUT2D eigenvalue weighted by molar-refractivity contribution is -0.126. The van der Waals surface area contributed by atoms with Crippen molar-refractivity contribution in [3.05, 3.63) is 29.3 Å². The van der Waals surface area contributed by atoms with Gasteiger partial charge in [0, 0.05) is 11.2 Å². The van der Waals surface area contributed by atoms with E-state index in [1.165, 1.54) is 5.56 Å². The first-order chi connectivity index (χ1) is 9.67. The second-order valence-electron chi connectivity index (χ2n) is 7.00. The quantitative estimate of drug-likeness (QED) is 0.898. The molecule has 2 rings (SSSR count). The molecule has 0 aliphatic heterocycles. The van der Waals surface area contributed by atoms with Gasteiger partial charge < -0.3 is 10.6 Å². The van der Waals surface area contributed by atoms with Crippen LogP contribution in [0.2, 0.25) is 0 Å². The Morgan fingerprint density at radius 3 is 2.29 bits per heavy atom. The average molecular weight is 288 g/mol. The maximum absolute atomic E-state index is 12.2. The molecule has 21 heavy (non-hydrogen) atoms. The summed E-state index contributed by atoms with van der Waals surface area (Å²) in [5, 5.41) is 5.86. The van der Waals surface area contributed by atoms with E-state index in [9.17, 15) is 9.59 Å². The van der Waals surface area contributed by atoms with E-state index in [2.05, 4.69) is 10.6 Å². The van der Waals surface area contributed by atoms with E-state index in [-0.39, 0.29) is 29.2 Å². The van der Waals surface area contributed by atoms with Crippen molar-refractivity contribution in [2.45, 2.75) is 46.6 Å². The summed E-state index contributed by atoms with van der Waals surface area (Å²) < 4.78 is 0. The van der Waals surface area contributed by atoms with Crippen molar-refractivity contribution in [2.75, 3.05) is 5.32 Å². The van der Waals surface area contributed by atoms with Gasteiger partial charge in [0.1, 0.15) is 0 Å². The van der Waals surface area contributed by atoms with Gasteiger partial charge in [-0.25, -0.2) is 0 Å². The fourth-order valence-corrected chi connectivity index (χ4v) is 2.42. The summed E-state index contributed by atoms with van der Waals surface area (Å²) in [5.41, 5.74) is 2.78. The van der Waals surface area contributed by atoms with Crippen LogP contribution in [0.4, 0.5) is 5.69 Å². The summed E-state index contributed by atoms with van der Waals surface area (Å²) in [7, 11) is 0. The fourth-order valence-electron chi connectivity index (χ4n) is 2.42. The van der Waals surface area contributed by atoms with Crippen molar-refractivity contribution >= 4 is 17.5 Å². The molecule has 114 valence electrons. The second kappa shape index (κ2) is 5.51. The minimum absolute atomic E-state index is 0.0247. The van der Waals surface area contributed by atoms with Crippen LogP contribution in [-0.2, 0) is 9.59 Å². The Labute approximate surface area is 126 Å². The molecule has 0 saturated heterocycles. The normalized spacial score (nSPS) is 20.8. The van der Waals surface area contributed by atoms with Gasteiger partial charge in [-0.1, -0.05) is 17.7 Å². The number of benzene rings is 1. The molecule has 2 unspecified atom stereocenters. The van der Waals surface area contributed by atoms with Gasteiger partial charge in [-0.2, -0.15) is 0 Å². The van der Waals surface area contributed by atoms with Gasteiger partial charge in [0.05, 0.1) is 11.8 Å². The van der Waals surface area contributed by atoms with E-state index in [1.807, 2.05) is 52.8 Å². The van der Waals surface area contributed by atoms with Crippen LogP contribution in [0, 0.1) is 25.7 Å². The Balaban J connectivity index is 1.93. The third-order valence-corrected chi connectivity index (χ3v) is 3.60. The zero-order valence-corrected chi connectivity index (χ0v) is 13.4. The third kappa shape index (κ3) is 4.06. The van der Waals surface area contributed by atoms with Crippen molar-refractivity contribution in [3.63, 3.8) is 0 Å². The molecule has 1 aromatic carbocycles. The largest absolute Gasteiger partial charge is 0.351 e. The number of carbonyl (C=O) groups is 2. The molecule has 1 aliphatic carbocycles. The van der Waals surface area contributed by atoms with E-state index in [1.54, 1.807) is 0 Å². The predicted octanol–water partition coefficient (Wildman–Crippen LogP) is 2.79. The molecule has 1 aromatic rings. The van der Waals surface area contributed by atoms with Crippen molar-refractivity contribution in [2.24, 2.45) is 11.8 Å². The monoisotopic (exact) mass is 288 g/mol. The topological polar surface area (TPSA) is 58.2 Å².